The number of sulfonamides is 1. The van der Waals surface area contributed by atoms with Gasteiger partial charge in [0.25, 0.3) is 0 Å². The first kappa shape index (κ1) is 30.5. The van der Waals surface area contributed by atoms with Gasteiger partial charge < -0.3 is 10.2 Å². The molecular formula is C29H33Cl2N3O4S. The van der Waals surface area contributed by atoms with Crippen LogP contribution in [0.2, 0.25) is 10.0 Å². The van der Waals surface area contributed by atoms with Crippen LogP contribution in [0.1, 0.15) is 31.4 Å². The monoisotopic (exact) mass is 589 g/mol. The average molecular weight is 591 g/mol. The number of carbonyl (C=O) groups is 2. The smallest absolute Gasteiger partial charge is 0.244 e. The van der Waals surface area contributed by atoms with Gasteiger partial charge in [-0.1, -0.05) is 90.8 Å². The van der Waals surface area contributed by atoms with Crippen LogP contribution in [-0.4, -0.2) is 50.0 Å². The van der Waals surface area contributed by atoms with Gasteiger partial charge >= 0.3 is 0 Å². The van der Waals surface area contributed by atoms with Gasteiger partial charge in [-0.3, -0.25) is 13.9 Å². The Labute approximate surface area is 240 Å². The lowest BCUT2D eigenvalue weighted by Gasteiger charge is -2.34. The molecule has 2 amide bonds. The highest BCUT2D eigenvalue weighted by atomic mass is 35.5. The van der Waals surface area contributed by atoms with Gasteiger partial charge in [0, 0.05) is 24.0 Å². The van der Waals surface area contributed by atoms with Crippen LogP contribution in [0.15, 0.2) is 78.9 Å². The van der Waals surface area contributed by atoms with E-state index in [-0.39, 0.29) is 35.6 Å². The predicted octanol–water partition coefficient (Wildman–Crippen LogP) is 5.31. The van der Waals surface area contributed by atoms with Gasteiger partial charge in [-0.15, -0.1) is 0 Å². The van der Waals surface area contributed by atoms with E-state index in [0.29, 0.717) is 11.4 Å². The number of anilines is 1. The zero-order chi connectivity index (χ0) is 28.6. The number of nitrogens with one attached hydrogen (secondary N) is 1. The Balaban J connectivity index is 2.06. The molecule has 3 rings (SSSR count). The van der Waals surface area contributed by atoms with Crippen molar-refractivity contribution in [3.8, 4) is 0 Å². The highest BCUT2D eigenvalue weighted by Crippen LogP contribution is 2.30. The third-order valence-corrected chi connectivity index (χ3v) is 7.99. The number of amides is 2. The van der Waals surface area contributed by atoms with Crippen molar-refractivity contribution in [3.63, 3.8) is 0 Å². The van der Waals surface area contributed by atoms with Gasteiger partial charge in [-0.25, -0.2) is 8.42 Å². The summed E-state index contributed by atoms with van der Waals surface area (Å²) in [6.07, 6.45) is 1.97. The first-order valence-electron chi connectivity index (χ1n) is 12.6. The molecule has 10 heteroatoms. The standard InChI is InChI=1S/C29H33Cl2N3O4S/c1-4-21(2)32-29(36)27(17-22-11-7-5-8-12-22)33(19-23-13-9-6-10-14-23)28(35)20-34(39(3,37)38)26-16-15-24(30)18-25(26)31/h5-16,18,21,27H,4,17,19-20H2,1-3H3,(H,32,36)/t21-,27+/m0/s1. The van der Waals surface area contributed by atoms with Gasteiger partial charge in [0.05, 0.1) is 17.0 Å². The fraction of sp³-hybridized carbons (Fsp3) is 0.310. The first-order chi connectivity index (χ1) is 18.5. The second kappa shape index (κ2) is 13.8. The van der Waals surface area contributed by atoms with E-state index in [2.05, 4.69) is 5.32 Å². The van der Waals surface area contributed by atoms with Crippen LogP contribution < -0.4 is 9.62 Å². The number of carbonyl (C=O) groups excluding carboxylic acids is 2. The van der Waals surface area contributed by atoms with Crippen LogP contribution in [-0.2, 0) is 32.6 Å². The lowest BCUT2D eigenvalue weighted by atomic mass is 10.0. The summed E-state index contributed by atoms with van der Waals surface area (Å²) in [5, 5.41) is 3.42. The first-order valence-corrected chi connectivity index (χ1v) is 15.2. The molecule has 0 spiro atoms. The van der Waals surface area contributed by atoms with E-state index < -0.39 is 28.5 Å². The average Bonchev–Trinajstić information content (AvgIpc) is 2.90. The highest BCUT2D eigenvalue weighted by molar-refractivity contribution is 7.92. The Hall–Kier alpha value is -3.07. The largest absolute Gasteiger partial charge is 0.352 e. The molecule has 0 heterocycles. The number of nitrogens with zero attached hydrogens (tertiary/aromatic N) is 2. The minimum atomic E-state index is -3.92. The van der Waals surface area contributed by atoms with Gasteiger partial charge in [0.1, 0.15) is 12.6 Å². The maximum absolute atomic E-state index is 14.0. The highest BCUT2D eigenvalue weighted by Gasteiger charge is 2.33. The molecule has 3 aromatic rings. The normalized spacial score (nSPS) is 12.8. The molecule has 2 atom stereocenters. The molecule has 0 unspecified atom stereocenters. The maximum atomic E-state index is 14.0. The molecule has 0 saturated heterocycles. The van der Waals surface area contributed by atoms with E-state index >= 15 is 0 Å². The zero-order valence-corrected chi connectivity index (χ0v) is 24.5. The summed E-state index contributed by atoms with van der Waals surface area (Å²) < 4.78 is 26.6. The van der Waals surface area contributed by atoms with E-state index in [1.165, 1.54) is 23.1 Å². The molecule has 0 aliphatic rings. The number of benzene rings is 3. The number of hydrogen-bond donors (Lipinski definition) is 1. The fourth-order valence-electron chi connectivity index (χ4n) is 4.05. The van der Waals surface area contributed by atoms with E-state index in [4.69, 9.17) is 23.2 Å². The lowest BCUT2D eigenvalue weighted by Crippen LogP contribution is -2.54. The van der Waals surface area contributed by atoms with Crippen LogP contribution in [0.25, 0.3) is 0 Å². The molecule has 0 fully saturated rings. The minimum Gasteiger partial charge on any atom is -0.352 e. The molecule has 7 nitrogen and oxygen atoms in total. The molecular weight excluding hydrogens is 557 g/mol. The summed E-state index contributed by atoms with van der Waals surface area (Å²) in [6, 6.07) is 22.1. The maximum Gasteiger partial charge on any atom is 0.244 e. The van der Waals surface area contributed by atoms with Crippen molar-refractivity contribution in [2.24, 2.45) is 0 Å². The molecule has 0 aliphatic carbocycles. The summed E-state index contributed by atoms with van der Waals surface area (Å²) in [5.74, 6) is -0.858. The summed E-state index contributed by atoms with van der Waals surface area (Å²) in [7, 11) is -3.92. The topological polar surface area (TPSA) is 86.8 Å². The van der Waals surface area contributed by atoms with Gasteiger partial charge in [0.15, 0.2) is 0 Å². The van der Waals surface area contributed by atoms with Crippen molar-refractivity contribution in [1.29, 1.82) is 0 Å². The lowest BCUT2D eigenvalue weighted by molar-refractivity contribution is -0.140. The number of halogens is 2. The Bertz CT molecular complexity index is 1370. The Kier molecular flexibility index (Phi) is 10.8. The molecule has 208 valence electrons. The molecule has 0 aromatic heterocycles. The third kappa shape index (κ3) is 8.71. The molecule has 0 saturated carbocycles. The predicted molar refractivity (Wildman–Crippen MR) is 157 cm³/mol. The van der Waals surface area contributed by atoms with E-state index in [1.54, 1.807) is 0 Å². The van der Waals surface area contributed by atoms with Crippen molar-refractivity contribution in [3.05, 3.63) is 100 Å². The summed E-state index contributed by atoms with van der Waals surface area (Å²) in [5.41, 5.74) is 1.80. The van der Waals surface area contributed by atoms with Crippen molar-refractivity contribution in [1.82, 2.24) is 10.2 Å². The van der Waals surface area contributed by atoms with Crippen molar-refractivity contribution >= 4 is 50.7 Å². The molecule has 1 N–H and O–H groups in total. The van der Waals surface area contributed by atoms with Gasteiger partial charge in [-0.2, -0.15) is 0 Å². The Morgan fingerprint density at radius 1 is 0.923 bits per heavy atom. The summed E-state index contributed by atoms with van der Waals surface area (Å²) in [4.78, 5) is 29.1. The number of rotatable bonds is 12. The van der Waals surface area contributed by atoms with E-state index in [1.807, 2.05) is 74.5 Å². The summed E-state index contributed by atoms with van der Waals surface area (Å²) in [6.45, 7) is 3.42. The molecule has 0 bridgehead atoms. The second-order valence-electron chi connectivity index (χ2n) is 9.40. The summed E-state index contributed by atoms with van der Waals surface area (Å²) >= 11 is 12.4. The van der Waals surface area contributed by atoms with E-state index in [0.717, 1.165) is 21.7 Å². The van der Waals surface area contributed by atoms with Crippen molar-refractivity contribution < 1.29 is 18.0 Å². The van der Waals surface area contributed by atoms with Crippen LogP contribution in [0.5, 0.6) is 0 Å². The van der Waals surface area contributed by atoms with Crippen LogP contribution in [0, 0.1) is 0 Å². The van der Waals surface area contributed by atoms with Gasteiger partial charge in [-0.05, 0) is 42.7 Å². The van der Waals surface area contributed by atoms with Crippen molar-refractivity contribution in [2.45, 2.75) is 45.3 Å². The van der Waals surface area contributed by atoms with Crippen LogP contribution >= 0.6 is 23.2 Å². The molecule has 0 aliphatic heterocycles. The van der Waals surface area contributed by atoms with Crippen LogP contribution in [0.4, 0.5) is 5.69 Å². The molecule has 3 aromatic carbocycles. The van der Waals surface area contributed by atoms with Gasteiger partial charge in [0.2, 0.25) is 21.8 Å². The quantitative estimate of drug-likeness (QED) is 0.310. The molecule has 0 radical (unpaired) electrons. The minimum absolute atomic E-state index is 0.0886. The Morgan fingerprint density at radius 3 is 2.05 bits per heavy atom. The Morgan fingerprint density at radius 2 is 1.51 bits per heavy atom. The SMILES string of the molecule is CC[C@H](C)NC(=O)[C@@H](Cc1ccccc1)N(Cc1ccccc1)C(=O)CN(c1ccc(Cl)cc1Cl)S(C)(=O)=O. The second-order valence-corrected chi connectivity index (χ2v) is 12.1. The van der Waals surface area contributed by atoms with E-state index in [9.17, 15) is 18.0 Å². The van der Waals surface area contributed by atoms with Crippen molar-refractivity contribution in [2.75, 3.05) is 17.1 Å². The fourth-order valence-corrected chi connectivity index (χ4v) is 5.48. The zero-order valence-electron chi connectivity index (χ0n) is 22.2. The number of hydrogen-bond acceptors (Lipinski definition) is 4. The third-order valence-electron chi connectivity index (χ3n) is 6.33. The van der Waals surface area contributed by atoms with Crippen LogP contribution in [0.3, 0.4) is 0 Å². The molecule has 39 heavy (non-hydrogen) atoms.